The van der Waals surface area contributed by atoms with Gasteiger partial charge in [0.2, 0.25) is 6.79 Å². The zero-order chi connectivity index (χ0) is 16.2. The van der Waals surface area contributed by atoms with Crippen LogP contribution in [0.15, 0.2) is 18.2 Å². The van der Waals surface area contributed by atoms with Gasteiger partial charge in [-0.3, -0.25) is 9.59 Å². The monoisotopic (exact) mass is 321 g/mol. The summed E-state index contributed by atoms with van der Waals surface area (Å²) in [5.74, 6) is 1.45. The van der Waals surface area contributed by atoms with Crippen LogP contribution in [0.5, 0.6) is 17.2 Å². The summed E-state index contributed by atoms with van der Waals surface area (Å²) in [6, 6.07) is 5.20. The number of nitrogens with zero attached hydrogens (tertiary/aromatic N) is 1. The highest BCUT2D eigenvalue weighted by atomic mass is 16.7. The Balaban J connectivity index is 1.48. The smallest absolute Gasteiger partial charge is 0.308 e. The highest BCUT2D eigenvalue weighted by molar-refractivity contribution is 5.78. The van der Waals surface area contributed by atoms with E-state index in [1.54, 1.807) is 23.1 Å². The lowest BCUT2D eigenvalue weighted by Crippen LogP contribution is -2.42. The standard InChI is InChI=1S/C16H19NO6/c1-20-16(19)11-4-6-17(7-5-11)15(18)9-21-12-2-3-13-14(8-12)23-10-22-13/h2-3,8,11H,4-7,9-10H2,1H3. The molecule has 0 atom stereocenters. The summed E-state index contributed by atoms with van der Waals surface area (Å²) in [5.41, 5.74) is 0. The molecular weight excluding hydrogens is 302 g/mol. The fraction of sp³-hybridized carbons (Fsp3) is 0.500. The second-order valence-electron chi connectivity index (χ2n) is 5.48. The van der Waals surface area contributed by atoms with Gasteiger partial charge in [-0.15, -0.1) is 0 Å². The van der Waals surface area contributed by atoms with Crippen LogP contribution in [0.3, 0.4) is 0 Å². The summed E-state index contributed by atoms with van der Waals surface area (Å²) in [6.45, 7) is 1.25. The molecule has 0 aliphatic carbocycles. The van der Waals surface area contributed by atoms with E-state index in [0.29, 0.717) is 43.2 Å². The van der Waals surface area contributed by atoms with Gasteiger partial charge in [-0.25, -0.2) is 0 Å². The lowest BCUT2D eigenvalue weighted by Gasteiger charge is -2.30. The van der Waals surface area contributed by atoms with Crippen molar-refractivity contribution in [3.8, 4) is 17.2 Å². The number of hydrogen-bond acceptors (Lipinski definition) is 6. The first-order chi connectivity index (χ1) is 11.2. The number of piperidine rings is 1. The van der Waals surface area contributed by atoms with Crippen molar-refractivity contribution in [1.29, 1.82) is 0 Å². The van der Waals surface area contributed by atoms with Gasteiger partial charge in [-0.1, -0.05) is 0 Å². The summed E-state index contributed by atoms with van der Waals surface area (Å²) < 4.78 is 20.7. The van der Waals surface area contributed by atoms with E-state index < -0.39 is 0 Å². The molecule has 0 saturated carbocycles. The fourth-order valence-corrected chi connectivity index (χ4v) is 2.73. The third kappa shape index (κ3) is 3.49. The normalized spacial score (nSPS) is 17.0. The second-order valence-corrected chi connectivity index (χ2v) is 5.48. The lowest BCUT2D eigenvalue weighted by molar-refractivity contribution is -0.149. The molecule has 0 bridgehead atoms. The van der Waals surface area contributed by atoms with Gasteiger partial charge in [0.25, 0.3) is 5.91 Å². The predicted molar refractivity (Wildman–Crippen MR) is 79.4 cm³/mol. The van der Waals surface area contributed by atoms with Crippen molar-refractivity contribution in [3.63, 3.8) is 0 Å². The molecule has 1 amide bonds. The van der Waals surface area contributed by atoms with Gasteiger partial charge in [0.05, 0.1) is 13.0 Å². The fourth-order valence-electron chi connectivity index (χ4n) is 2.73. The minimum atomic E-state index is -0.200. The molecule has 3 rings (SSSR count). The van der Waals surface area contributed by atoms with Crippen molar-refractivity contribution >= 4 is 11.9 Å². The highest BCUT2D eigenvalue weighted by Gasteiger charge is 2.28. The molecule has 1 saturated heterocycles. The molecular formula is C16H19NO6. The van der Waals surface area contributed by atoms with E-state index in [4.69, 9.17) is 18.9 Å². The third-order valence-corrected chi connectivity index (χ3v) is 4.09. The SMILES string of the molecule is COC(=O)C1CCN(C(=O)COc2ccc3c(c2)OCO3)CC1. The van der Waals surface area contributed by atoms with Crippen LogP contribution < -0.4 is 14.2 Å². The first-order valence-electron chi connectivity index (χ1n) is 7.55. The van der Waals surface area contributed by atoms with Crippen LogP contribution in [0, 0.1) is 5.92 Å². The molecule has 7 nitrogen and oxygen atoms in total. The minimum absolute atomic E-state index is 0.0392. The van der Waals surface area contributed by atoms with Gasteiger partial charge >= 0.3 is 5.97 Å². The van der Waals surface area contributed by atoms with Crippen molar-refractivity contribution in [2.45, 2.75) is 12.8 Å². The molecule has 124 valence electrons. The first kappa shape index (κ1) is 15.5. The molecule has 0 unspecified atom stereocenters. The molecule has 2 heterocycles. The summed E-state index contributed by atoms with van der Waals surface area (Å²) >= 11 is 0. The summed E-state index contributed by atoms with van der Waals surface area (Å²) in [5, 5.41) is 0. The average Bonchev–Trinajstić information content (AvgIpc) is 3.06. The molecule has 23 heavy (non-hydrogen) atoms. The summed E-state index contributed by atoms with van der Waals surface area (Å²) in [7, 11) is 1.39. The van der Waals surface area contributed by atoms with E-state index >= 15 is 0 Å². The molecule has 0 N–H and O–H groups in total. The van der Waals surface area contributed by atoms with E-state index in [9.17, 15) is 9.59 Å². The average molecular weight is 321 g/mol. The van der Waals surface area contributed by atoms with Crippen LogP contribution in [0.1, 0.15) is 12.8 Å². The van der Waals surface area contributed by atoms with Crippen LogP contribution in [-0.2, 0) is 14.3 Å². The molecule has 0 aromatic heterocycles. The van der Waals surface area contributed by atoms with Crippen LogP contribution in [0.25, 0.3) is 0 Å². The summed E-state index contributed by atoms with van der Waals surface area (Å²) in [6.07, 6.45) is 1.25. The number of fused-ring (bicyclic) bond motifs is 1. The van der Waals surface area contributed by atoms with Crippen molar-refractivity contribution in [2.24, 2.45) is 5.92 Å². The van der Waals surface area contributed by atoms with Crippen molar-refractivity contribution in [3.05, 3.63) is 18.2 Å². The van der Waals surface area contributed by atoms with E-state index in [1.807, 2.05) is 0 Å². The Morgan fingerprint density at radius 2 is 1.96 bits per heavy atom. The van der Waals surface area contributed by atoms with Crippen LogP contribution in [-0.4, -0.2) is 50.4 Å². The Labute approximate surface area is 134 Å². The highest BCUT2D eigenvalue weighted by Crippen LogP contribution is 2.35. The van der Waals surface area contributed by atoms with Gasteiger partial charge in [0, 0.05) is 19.2 Å². The minimum Gasteiger partial charge on any atom is -0.484 e. The number of carbonyl (C=O) groups excluding carboxylic acids is 2. The number of hydrogen-bond donors (Lipinski definition) is 0. The number of ether oxygens (including phenoxy) is 4. The first-order valence-corrected chi connectivity index (χ1v) is 7.55. The Bertz CT molecular complexity index is 594. The Hall–Kier alpha value is -2.44. The maximum Gasteiger partial charge on any atom is 0.308 e. The number of amides is 1. The molecule has 1 aromatic carbocycles. The summed E-state index contributed by atoms with van der Waals surface area (Å²) in [4.78, 5) is 25.4. The van der Waals surface area contributed by atoms with Crippen molar-refractivity contribution in [1.82, 2.24) is 4.90 Å². The van der Waals surface area contributed by atoms with E-state index in [2.05, 4.69) is 0 Å². The molecule has 1 aromatic rings. The van der Waals surface area contributed by atoms with Crippen LogP contribution >= 0.6 is 0 Å². The number of benzene rings is 1. The quantitative estimate of drug-likeness (QED) is 0.776. The number of likely N-dealkylation sites (tertiary alicyclic amines) is 1. The molecule has 2 aliphatic heterocycles. The van der Waals surface area contributed by atoms with Crippen LogP contribution in [0.2, 0.25) is 0 Å². The third-order valence-electron chi connectivity index (χ3n) is 4.09. The Morgan fingerprint density at radius 3 is 2.70 bits per heavy atom. The Kier molecular flexibility index (Phi) is 4.55. The number of carbonyl (C=O) groups is 2. The second kappa shape index (κ2) is 6.76. The van der Waals surface area contributed by atoms with Gasteiger partial charge in [0.15, 0.2) is 18.1 Å². The van der Waals surface area contributed by atoms with E-state index in [0.717, 1.165) is 0 Å². The van der Waals surface area contributed by atoms with Gasteiger partial charge < -0.3 is 23.8 Å². The predicted octanol–water partition coefficient (Wildman–Crippen LogP) is 1.21. The Morgan fingerprint density at radius 1 is 1.22 bits per heavy atom. The number of esters is 1. The topological polar surface area (TPSA) is 74.3 Å². The maximum absolute atomic E-state index is 12.2. The molecule has 2 aliphatic rings. The van der Waals surface area contributed by atoms with Gasteiger partial charge in [0.1, 0.15) is 5.75 Å². The lowest BCUT2D eigenvalue weighted by atomic mass is 9.97. The van der Waals surface area contributed by atoms with Crippen molar-refractivity contribution in [2.75, 3.05) is 33.6 Å². The molecule has 0 spiro atoms. The van der Waals surface area contributed by atoms with Crippen LogP contribution in [0.4, 0.5) is 0 Å². The number of rotatable bonds is 4. The van der Waals surface area contributed by atoms with Crippen molar-refractivity contribution < 1.29 is 28.5 Å². The van der Waals surface area contributed by atoms with E-state index in [-0.39, 0.29) is 31.2 Å². The maximum atomic E-state index is 12.2. The zero-order valence-corrected chi connectivity index (χ0v) is 12.9. The van der Waals surface area contributed by atoms with Gasteiger partial charge in [-0.2, -0.15) is 0 Å². The largest absolute Gasteiger partial charge is 0.484 e. The number of methoxy groups -OCH3 is 1. The molecule has 1 fully saturated rings. The zero-order valence-electron chi connectivity index (χ0n) is 12.9. The molecule has 0 radical (unpaired) electrons. The van der Waals surface area contributed by atoms with E-state index in [1.165, 1.54) is 7.11 Å². The van der Waals surface area contributed by atoms with Gasteiger partial charge in [-0.05, 0) is 25.0 Å². The molecule has 7 heteroatoms.